The lowest BCUT2D eigenvalue weighted by Crippen LogP contribution is -2.33. The summed E-state index contributed by atoms with van der Waals surface area (Å²) >= 11 is 5.23. The van der Waals surface area contributed by atoms with E-state index in [-0.39, 0.29) is 0 Å². The molecule has 1 aromatic carbocycles. The second-order valence-electron chi connectivity index (χ2n) is 6.36. The molecule has 4 rings (SSSR count). The Hall–Kier alpha value is -1.24. The van der Waals surface area contributed by atoms with E-state index in [1.54, 1.807) is 11.3 Å². The highest BCUT2D eigenvalue weighted by Crippen LogP contribution is 2.26. The summed E-state index contributed by atoms with van der Waals surface area (Å²) in [7, 11) is 0. The molecule has 1 aliphatic heterocycles. The van der Waals surface area contributed by atoms with Crippen molar-refractivity contribution in [3.05, 3.63) is 39.8 Å². The summed E-state index contributed by atoms with van der Waals surface area (Å²) in [6.07, 6.45) is 4.88. The fourth-order valence-corrected chi connectivity index (χ4v) is 4.49. The standard InChI is InChI=1S/C17H19BrN4S/c1-12-3-2-8-21(9-12)10-15-11-22-16(19-20-17(22)23-15)13-4-6-14(18)7-5-13/h4-7,11-12H,2-3,8-10H2,1H3. The van der Waals surface area contributed by atoms with Gasteiger partial charge in [0.25, 0.3) is 0 Å². The molecular formula is C17H19BrN4S. The highest BCUT2D eigenvalue weighted by atomic mass is 79.9. The van der Waals surface area contributed by atoms with Crippen molar-refractivity contribution in [2.45, 2.75) is 26.3 Å². The molecule has 0 aliphatic carbocycles. The van der Waals surface area contributed by atoms with Gasteiger partial charge in [-0.15, -0.1) is 10.2 Å². The fourth-order valence-electron chi connectivity index (χ4n) is 3.27. The number of piperidine rings is 1. The molecule has 1 saturated heterocycles. The molecule has 0 spiro atoms. The average molecular weight is 391 g/mol. The predicted octanol–water partition coefficient (Wildman–Crippen LogP) is 4.45. The average Bonchev–Trinajstić information content (AvgIpc) is 3.08. The molecule has 0 bridgehead atoms. The van der Waals surface area contributed by atoms with E-state index < -0.39 is 0 Å². The molecule has 3 heterocycles. The molecule has 1 atom stereocenters. The molecule has 6 heteroatoms. The van der Waals surface area contributed by atoms with Crippen molar-refractivity contribution in [1.82, 2.24) is 19.5 Å². The number of hydrogen-bond donors (Lipinski definition) is 0. The van der Waals surface area contributed by atoms with E-state index in [0.29, 0.717) is 0 Å². The van der Waals surface area contributed by atoms with Crippen LogP contribution in [-0.2, 0) is 6.54 Å². The van der Waals surface area contributed by atoms with Gasteiger partial charge in [-0.3, -0.25) is 9.30 Å². The van der Waals surface area contributed by atoms with E-state index in [0.717, 1.165) is 33.3 Å². The molecule has 3 aromatic rings. The van der Waals surface area contributed by atoms with E-state index in [4.69, 9.17) is 0 Å². The topological polar surface area (TPSA) is 33.4 Å². The van der Waals surface area contributed by atoms with Crippen LogP contribution < -0.4 is 0 Å². The minimum absolute atomic E-state index is 0.813. The van der Waals surface area contributed by atoms with E-state index >= 15 is 0 Å². The maximum absolute atomic E-state index is 4.35. The van der Waals surface area contributed by atoms with Crippen LogP contribution in [0.15, 0.2) is 34.9 Å². The molecule has 0 radical (unpaired) electrons. The van der Waals surface area contributed by atoms with Crippen molar-refractivity contribution in [3.63, 3.8) is 0 Å². The lowest BCUT2D eigenvalue weighted by molar-refractivity contribution is 0.178. The quantitative estimate of drug-likeness (QED) is 0.661. The number of likely N-dealkylation sites (tertiary alicyclic amines) is 1. The minimum atomic E-state index is 0.813. The van der Waals surface area contributed by atoms with Crippen LogP contribution in [0.1, 0.15) is 24.6 Å². The Morgan fingerprint density at radius 3 is 2.87 bits per heavy atom. The molecule has 1 fully saturated rings. The van der Waals surface area contributed by atoms with Gasteiger partial charge in [0.1, 0.15) is 0 Å². The van der Waals surface area contributed by atoms with Gasteiger partial charge in [0.2, 0.25) is 4.96 Å². The Bertz CT molecular complexity index is 808. The maximum atomic E-state index is 4.35. The van der Waals surface area contributed by atoms with Gasteiger partial charge < -0.3 is 0 Å². The second-order valence-corrected chi connectivity index (χ2v) is 8.37. The van der Waals surface area contributed by atoms with Crippen LogP contribution in [0.3, 0.4) is 0 Å². The smallest absolute Gasteiger partial charge is 0.216 e. The summed E-state index contributed by atoms with van der Waals surface area (Å²) < 4.78 is 3.20. The van der Waals surface area contributed by atoms with Gasteiger partial charge in [0, 0.05) is 34.2 Å². The third-order valence-corrected chi connectivity index (χ3v) is 5.87. The monoisotopic (exact) mass is 390 g/mol. The SMILES string of the molecule is CC1CCCN(Cc2cn3c(-c4ccc(Br)cc4)nnc3s2)C1. The Morgan fingerprint density at radius 1 is 1.26 bits per heavy atom. The molecule has 0 N–H and O–H groups in total. The number of aromatic nitrogens is 3. The molecule has 4 nitrogen and oxygen atoms in total. The van der Waals surface area contributed by atoms with Crippen molar-refractivity contribution in [2.75, 3.05) is 13.1 Å². The van der Waals surface area contributed by atoms with Gasteiger partial charge in [-0.2, -0.15) is 0 Å². The highest BCUT2D eigenvalue weighted by molar-refractivity contribution is 9.10. The van der Waals surface area contributed by atoms with E-state index in [9.17, 15) is 0 Å². The number of halogens is 1. The van der Waals surface area contributed by atoms with Gasteiger partial charge in [-0.1, -0.05) is 46.3 Å². The van der Waals surface area contributed by atoms with Crippen molar-refractivity contribution in [1.29, 1.82) is 0 Å². The summed E-state index contributed by atoms with van der Waals surface area (Å²) in [5.41, 5.74) is 1.09. The largest absolute Gasteiger partial charge is 0.298 e. The van der Waals surface area contributed by atoms with Crippen LogP contribution in [0.5, 0.6) is 0 Å². The van der Waals surface area contributed by atoms with Gasteiger partial charge in [-0.05, 0) is 37.4 Å². The molecule has 0 saturated carbocycles. The zero-order valence-electron chi connectivity index (χ0n) is 13.1. The van der Waals surface area contributed by atoms with E-state index in [1.807, 2.05) is 12.1 Å². The summed E-state index contributed by atoms with van der Waals surface area (Å²) in [5.74, 6) is 1.73. The van der Waals surface area contributed by atoms with Gasteiger partial charge in [0.15, 0.2) is 5.82 Å². The third kappa shape index (κ3) is 3.20. The number of benzene rings is 1. The van der Waals surface area contributed by atoms with Crippen molar-refractivity contribution in [2.24, 2.45) is 5.92 Å². The van der Waals surface area contributed by atoms with Crippen LogP contribution in [-0.4, -0.2) is 32.6 Å². The first kappa shape index (κ1) is 15.3. The zero-order valence-corrected chi connectivity index (χ0v) is 15.5. The fraction of sp³-hybridized carbons (Fsp3) is 0.412. The first-order chi connectivity index (χ1) is 11.2. The summed E-state index contributed by atoms with van der Waals surface area (Å²) in [5, 5.41) is 8.70. The maximum Gasteiger partial charge on any atom is 0.216 e. The van der Waals surface area contributed by atoms with Crippen LogP contribution in [0.4, 0.5) is 0 Å². The number of thiazole rings is 1. The normalized spacial score (nSPS) is 19.5. The highest BCUT2D eigenvalue weighted by Gasteiger charge is 2.18. The van der Waals surface area contributed by atoms with Gasteiger partial charge in [0.05, 0.1) is 0 Å². The summed E-state index contributed by atoms with van der Waals surface area (Å²) in [4.78, 5) is 4.90. The van der Waals surface area contributed by atoms with Crippen LogP contribution >= 0.6 is 27.3 Å². The summed E-state index contributed by atoms with van der Waals surface area (Å²) in [6, 6.07) is 8.23. The molecule has 1 unspecified atom stereocenters. The number of rotatable bonds is 3. The Balaban J connectivity index is 1.60. The van der Waals surface area contributed by atoms with Crippen molar-refractivity contribution in [3.8, 4) is 11.4 Å². The molecule has 2 aromatic heterocycles. The van der Waals surface area contributed by atoms with Crippen molar-refractivity contribution < 1.29 is 0 Å². The minimum Gasteiger partial charge on any atom is -0.298 e. The Labute approximate surface area is 148 Å². The first-order valence-electron chi connectivity index (χ1n) is 8.01. The van der Waals surface area contributed by atoms with Gasteiger partial charge >= 0.3 is 0 Å². The lowest BCUT2D eigenvalue weighted by Gasteiger charge is -2.30. The number of fused-ring (bicyclic) bond motifs is 1. The number of hydrogen-bond acceptors (Lipinski definition) is 4. The molecule has 120 valence electrons. The molecule has 1 aliphatic rings. The van der Waals surface area contributed by atoms with E-state index in [2.05, 4.69) is 60.7 Å². The van der Waals surface area contributed by atoms with Crippen LogP contribution in [0.25, 0.3) is 16.3 Å². The Morgan fingerprint density at radius 2 is 2.09 bits per heavy atom. The molecule has 0 amide bonds. The molecular weight excluding hydrogens is 372 g/mol. The molecule has 23 heavy (non-hydrogen) atoms. The first-order valence-corrected chi connectivity index (χ1v) is 9.62. The van der Waals surface area contributed by atoms with Crippen LogP contribution in [0.2, 0.25) is 0 Å². The van der Waals surface area contributed by atoms with Crippen molar-refractivity contribution >= 4 is 32.2 Å². The Kier molecular flexibility index (Phi) is 4.22. The lowest BCUT2D eigenvalue weighted by atomic mass is 10.0. The zero-order chi connectivity index (χ0) is 15.8. The second kappa shape index (κ2) is 6.34. The third-order valence-electron chi connectivity index (χ3n) is 4.38. The number of nitrogens with zero attached hydrogens (tertiary/aromatic N) is 4. The van der Waals surface area contributed by atoms with Gasteiger partial charge in [-0.25, -0.2) is 0 Å². The summed E-state index contributed by atoms with van der Waals surface area (Å²) in [6.45, 7) is 5.79. The van der Waals surface area contributed by atoms with Crippen LogP contribution in [0, 0.1) is 5.92 Å². The predicted molar refractivity (Wildman–Crippen MR) is 97.7 cm³/mol. The van der Waals surface area contributed by atoms with E-state index in [1.165, 1.54) is 30.8 Å².